The minimum Gasteiger partial charge on any atom is -0.507 e. The number of benzene rings is 4. The molecule has 194 valence electrons. The molecule has 2 N–H and O–H groups in total. The van der Waals surface area contributed by atoms with Gasteiger partial charge in [-0.25, -0.2) is 0 Å². The van der Waals surface area contributed by atoms with Gasteiger partial charge in [-0.2, -0.15) is 0 Å². The lowest BCUT2D eigenvalue weighted by Gasteiger charge is -2.09. The van der Waals surface area contributed by atoms with Gasteiger partial charge in [-0.15, -0.1) is 0 Å². The third kappa shape index (κ3) is 7.17. The van der Waals surface area contributed by atoms with Gasteiger partial charge in [0.25, 0.3) is 0 Å². The lowest BCUT2D eigenvalue weighted by atomic mass is 10.2. The molecule has 6 nitrogen and oxygen atoms in total. The molecule has 0 radical (unpaired) electrons. The van der Waals surface area contributed by atoms with Crippen LogP contribution < -0.4 is 9.47 Å². The standard InChI is InChI=1S/C28H22Cl2N2O4S2/c1-35-21-7-3-17(25(33)13-21)15-31-23-9-5-19(29)11-27(23)37-38-28-12-20(30)6-10-24(28)32-16-18-4-8-22(36-2)14-26(18)34/h3-16,33-34H,1-2H3. The minimum atomic E-state index is 0.0648. The molecule has 0 amide bonds. The Balaban J connectivity index is 1.56. The van der Waals surface area contributed by atoms with Crippen LogP contribution in [0.5, 0.6) is 23.0 Å². The van der Waals surface area contributed by atoms with Gasteiger partial charge in [-0.1, -0.05) is 44.8 Å². The monoisotopic (exact) mass is 584 g/mol. The number of rotatable bonds is 9. The lowest BCUT2D eigenvalue weighted by molar-refractivity contribution is 0.407. The highest BCUT2D eigenvalue weighted by Gasteiger charge is 2.10. The number of halogens is 2. The molecule has 0 fully saturated rings. The van der Waals surface area contributed by atoms with E-state index in [4.69, 9.17) is 32.7 Å². The van der Waals surface area contributed by atoms with Crippen molar-refractivity contribution in [1.29, 1.82) is 0 Å². The maximum Gasteiger partial charge on any atom is 0.128 e. The number of phenolic OH excluding ortho intramolecular Hbond substituents is 2. The van der Waals surface area contributed by atoms with E-state index in [9.17, 15) is 10.2 Å². The summed E-state index contributed by atoms with van der Waals surface area (Å²) < 4.78 is 10.3. The molecule has 0 atom stereocenters. The van der Waals surface area contributed by atoms with E-state index < -0.39 is 0 Å². The minimum absolute atomic E-state index is 0.0648. The summed E-state index contributed by atoms with van der Waals surface area (Å²) in [5, 5.41) is 21.6. The fraction of sp³-hybridized carbons (Fsp3) is 0.0714. The fourth-order valence-corrected chi connectivity index (χ4v) is 5.97. The molecular weight excluding hydrogens is 563 g/mol. The molecule has 0 aliphatic rings. The highest BCUT2D eigenvalue weighted by molar-refractivity contribution is 8.76. The first kappa shape index (κ1) is 27.7. The summed E-state index contributed by atoms with van der Waals surface area (Å²) in [6.45, 7) is 0. The summed E-state index contributed by atoms with van der Waals surface area (Å²) >= 11 is 12.6. The average molecular weight is 586 g/mol. The Bertz CT molecular complexity index is 1400. The lowest BCUT2D eigenvalue weighted by Crippen LogP contribution is -1.86. The maximum atomic E-state index is 10.2. The summed E-state index contributed by atoms with van der Waals surface area (Å²) in [5.74, 6) is 1.24. The predicted molar refractivity (Wildman–Crippen MR) is 158 cm³/mol. The SMILES string of the molecule is COc1ccc(C=Nc2ccc(Cl)cc2SSc2cc(Cl)ccc2N=Cc2ccc(OC)cc2O)c(O)c1. The Morgan fingerprint density at radius 3 is 1.42 bits per heavy atom. The molecule has 10 heteroatoms. The summed E-state index contributed by atoms with van der Waals surface area (Å²) in [6, 6.07) is 20.8. The van der Waals surface area contributed by atoms with E-state index in [1.54, 1.807) is 48.8 Å². The smallest absolute Gasteiger partial charge is 0.128 e. The summed E-state index contributed by atoms with van der Waals surface area (Å²) in [7, 11) is 5.98. The number of hydrogen-bond acceptors (Lipinski definition) is 8. The van der Waals surface area contributed by atoms with E-state index >= 15 is 0 Å². The predicted octanol–water partition coefficient (Wildman–Crippen LogP) is 8.72. The van der Waals surface area contributed by atoms with Crippen LogP contribution in [-0.4, -0.2) is 36.9 Å². The van der Waals surface area contributed by atoms with Gasteiger partial charge in [0, 0.05) is 55.5 Å². The molecule has 0 aliphatic heterocycles. The maximum absolute atomic E-state index is 10.2. The number of aliphatic imine (C=N–C) groups is 2. The molecule has 0 aromatic heterocycles. The first-order valence-electron chi connectivity index (χ1n) is 11.1. The van der Waals surface area contributed by atoms with Gasteiger partial charge >= 0.3 is 0 Å². The summed E-state index contributed by atoms with van der Waals surface area (Å²) in [5.41, 5.74) is 2.46. The van der Waals surface area contributed by atoms with Crippen LogP contribution in [0.25, 0.3) is 0 Å². The highest BCUT2D eigenvalue weighted by atomic mass is 35.5. The van der Waals surface area contributed by atoms with Gasteiger partial charge in [0.1, 0.15) is 23.0 Å². The van der Waals surface area contributed by atoms with E-state index in [0.29, 0.717) is 44.0 Å². The first-order chi connectivity index (χ1) is 18.4. The topological polar surface area (TPSA) is 83.6 Å². The Morgan fingerprint density at radius 2 is 1.05 bits per heavy atom. The second kappa shape index (κ2) is 13.0. The van der Waals surface area contributed by atoms with Gasteiger partial charge in [0.2, 0.25) is 0 Å². The van der Waals surface area contributed by atoms with Crippen molar-refractivity contribution in [1.82, 2.24) is 0 Å². The molecular formula is C28H22Cl2N2O4S2. The zero-order valence-electron chi connectivity index (χ0n) is 20.3. The molecule has 38 heavy (non-hydrogen) atoms. The highest BCUT2D eigenvalue weighted by Crippen LogP contribution is 2.46. The van der Waals surface area contributed by atoms with Crippen LogP contribution in [0.3, 0.4) is 0 Å². The molecule has 4 aromatic carbocycles. The summed E-state index contributed by atoms with van der Waals surface area (Å²) in [4.78, 5) is 10.8. The van der Waals surface area contributed by atoms with Crippen LogP contribution in [-0.2, 0) is 0 Å². The van der Waals surface area contributed by atoms with Crippen LogP contribution in [0.2, 0.25) is 10.0 Å². The van der Waals surface area contributed by atoms with Crippen molar-refractivity contribution in [2.45, 2.75) is 9.79 Å². The van der Waals surface area contributed by atoms with E-state index in [-0.39, 0.29) is 11.5 Å². The van der Waals surface area contributed by atoms with Crippen LogP contribution in [0.4, 0.5) is 11.4 Å². The van der Waals surface area contributed by atoms with Crippen molar-refractivity contribution < 1.29 is 19.7 Å². The van der Waals surface area contributed by atoms with E-state index in [1.807, 2.05) is 24.3 Å². The Labute approximate surface area is 238 Å². The number of ether oxygens (including phenoxy) is 2. The number of aromatic hydroxyl groups is 2. The fourth-order valence-electron chi connectivity index (χ4n) is 3.21. The van der Waals surface area contributed by atoms with Crippen molar-refractivity contribution in [3.05, 3.63) is 94.0 Å². The van der Waals surface area contributed by atoms with Gasteiger partial charge in [-0.05, 0) is 60.7 Å². The molecule has 0 saturated carbocycles. The van der Waals surface area contributed by atoms with Crippen molar-refractivity contribution in [2.24, 2.45) is 9.98 Å². The van der Waals surface area contributed by atoms with E-state index in [1.165, 1.54) is 47.9 Å². The normalized spacial score (nSPS) is 11.4. The van der Waals surface area contributed by atoms with Crippen LogP contribution in [0.1, 0.15) is 11.1 Å². The first-order valence-corrected chi connectivity index (χ1v) is 14.0. The average Bonchev–Trinajstić information content (AvgIpc) is 2.91. The largest absolute Gasteiger partial charge is 0.507 e. The zero-order chi connectivity index (χ0) is 27.1. The molecule has 0 spiro atoms. The van der Waals surface area contributed by atoms with Gasteiger partial charge < -0.3 is 19.7 Å². The number of phenols is 2. The van der Waals surface area contributed by atoms with Gasteiger partial charge in [0.05, 0.1) is 25.6 Å². The quantitative estimate of drug-likeness (QED) is 0.151. The van der Waals surface area contributed by atoms with Crippen molar-refractivity contribution in [2.75, 3.05) is 14.2 Å². The zero-order valence-corrected chi connectivity index (χ0v) is 23.4. The third-order valence-electron chi connectivity index (χ3n) is 5.23. The molecule has 0 aliphatic carbocycles. The molecule has 0 heterocycles. The van der Waals surface area contributed by atoms with E-state index in [2.05, 4.69) is 9.98 Å². The Kier molecular flexibility index (Phi) is 9.47. The molecule has 0 saturated heterocycles. The number of hydrogen-bond donors (Lipinski definition) is 2. The van der Waals surface area contributed by atoms with Crippen molar-refractivity contribution in [3.8, 4) is 23.0 Å². The van der Waals surface area contributed by atoms with Gasteiger partial charge in [-0.3, -0.25) is 9.98 Å². The number of nitrogens with zero attached hydrogens (tertiary/aromatic N) is 2. The second-order valence-corrected chi connectivity index (χ2v) is 10.8. The number of methoxy groups -OCH3 is 2. The summed E-state index contributed by atoms with van der Waals surface area (Å²) in [6.07, 6.45) is 3.17. The van der Waals surface area contributed by atoms with E-state index in [0.717, 1.165) is 9.79 Å². The molecule has 0 bridgehead atoms. The third-order valence-corrected chi connectivity index (χ3v) is 8.12. The molecule has 4 rings (SSSR count). The van der Waals surface area contributed by atoms with Crippen molar-refractivity contribution in [3.63, 3.8) is 0 Å². The Hall–Kier alpha value is -3.30. The Morgan fingerprint density at radius 1 is 0.632 bits per heavy atom. The molecule has 4 aromatic rings. The van der Waals surface area contributed by atoms with Crippen LogP contribution >= 0.6 is 44.8 Å². The molecule has 0 unspecified atom stereocenters. The van der Waals surface area contributed by atoms with Gasteiger partial charge in [0.15, 0.2) is 0 Å². The second-order valence-electron chi connectivity index (χ2n) is 7.76. The van der Waals surface area contributed by atoms with Crippen LogP contribution in [0, 0.1) is 0 Å². The van der Waals surface area contributed by atoms with Crippen LogP contribution in [0.15, 0.2) is 92.6 Å². The van der Waals surface area contributed by atoms with Crippen molar-refractivity contribution >= 4 is 68.6 Å².